The van der Waals surface area contributed by atoms with Crippen molar-refractivity contribution in [3.05, 3.63) is 74.1 Å². The summed E-state index contributed by atoms with van der Waals surface area (Å²) in [6, 6.07) is 6.00. The Balaban J connectivity index is 2.31. The van der Waals surface area contributed by atoms with Crippen LogP contribution < -0.4 is 11.2 Å². The summed E-state index contributed by atoms with van der Waals surface area (Å²) < 4.78 is 0.798. The first-order chi connectivity index (χ1) is 10.4. The zero-order chi connectivity index (χ0) is 16.3. The number of hydrogen-bond acceptors (Lipinski definition) is 4. The van der Waals surface area contributed by atoms with Crippen molar-refractivity contribution in [3.8, 4) is 0 Å². The molecule has 0 amide bonds. The van der Waals surface area contributed by atoms with Crippen LogP contribution in [0.5, 0.6) is 0 Å². The van der Waals surface area contributed by atoms with Crippen molar-refractivity contribution < 1.29 is 14.7 Å². The summed E-state index contributed by atoms with van der Waals surface area (Å²) in [6.45, 7) is 0. The predicted molar refractivity (Wildman–Crippen MR) is 79.1 cm³/mol. The zero-order valence-electron chi connectivity index (χ0n) is 11.6. The average molecular weight is 300 g/mol. The van der Waals surface area contributed by atoms with E-state index in [1.54, 1.807) is 12.1 Å². The smallest absolute Gasteiger partial charge is 0.335 e. The summed E-state index contributed by atoms with van der Waals surface area (Å²) in [5, 5.41) is 8.89. The van der Waals surface area contributed by atoms with Gasteiger partial charge < -0.3 is 10.1 Å². The van der Waals surface area contributed by atoms with Gasteiger partial charge in [-0.3, -0.25) is 14.2 Å². The van der Waals surface area contributed by atoms with E-state index in [1.807, 2.05) is 0 Å². The predicted octanol–water partition coefficient (Wildman–Crippen LogP) is 0.668. The molecule has 0 aliphatic rings. The molecular formula is C15H12N2O5. The number of aromatic amines is 1. The van der Waals surface area contributed by atoms with Crippen LogP contribution in [-0.2, 0) is 7.05 Å². The van der Waals surface area contributed by atoms with Gasteiger partial charge in [0.15, 0.2) is 5.78 Å². The van der Waals surface area contributed by atoms with Crippen LogP contribution in [0, 0.1) is 0 Å². The quantitative estimate of drug-likeness (QED) is 0.637. The summed E-state index contributed by atoms with van der Waals surface area (Å²) in [7, 11) is 1.26. The van der Waals surface area contributed by atoms with Crippen molar-refractivity contribution in [2.75, 3.05) is 0 Å². The topological polar surface area (TPSA) is 109 Å². The molecule has 1 heterocycles. The summed E-state index contributed by atoms with van der Waals surface area (Å²) in [6.07, 6.45) is 3.61. The highest BCUT2D eigenvalue weighted by Crippen LogP contribution is 2.07. The number of nitrogens with one attached hydrogen (secondary N) is 1. The summed E-state index contributed by atoms with van der Waals surface area (Å²) >= 11 is 0. The number of hydrogen-bond donors (Lipinski definition) is 2. The van der Waals surface area contributed by atoms with E-state index < -0.39 is 23.0 Å². The molecule has 1 aromatic carbocycles. The number of carbonyl (C=O) groups excluding carboxylic acids is 1. The Morgan fingerprint density at radius 2 is 2.00 bits per heavy atom. The van der Waals surface area contributed by atoms with Crippen LogP contribution in [0.25, 0.3) is 6.08 Å². The van der Waals surface area contributed by atoms with Crippen molar-refractivity contribution >= 4 is 17.8 Å². The number of nitrogens with zero attached hydrogens (tertiary/aromatic N) is 1. The maximum atomic E-state index is 12.0. The van der Waals surface area contributed by atoms with Crippen LogP contribution in [0.3, 0.4) is 0 Å². The van der Waals surface area contributed by atoms with Crippen molar-refractivity contribution in [2.24, 2.45) is 7.05 Å². The Morgan fingerprint density at radius 3 is 2.68 bits per heavy atom. The Morgan fingerprint density at radius 1 is 1.27 bits per heavy atom. The van der Waals surface area contributed by atoms with Gasteiger partial charge in [-0.1, -0.05) is 18.2 Å². The summed E-state index contributed by atoms with van der Waals surface area (Å²) in [4.78, 5) is 48.1. The first-order valence-electron chi connectivity index (χ1n) is 6.24. The van der Waals surface area contributed by atoms with E-state index in [0.29, 0.717) is 5.56 Å². The Bertz CT molecular complexity index is 889. The molecule has 0 saturated heterocycles. The number of carboxylic acids is 1. The Hall–Kier alpha value is -3.22. The maximum Gasteiger partial charge on any atom is 0.335 e. The van der Waals surface area contributed by atoms with Gasteiger partial charge in [0.1, 0.15) is 5.56 Å². The molecule has 0 spiro atoms. The molecule has 2 aromatic rings. The molecule has 112 valence electrons. The highest BCUT2D eigenvalue weighted by Gasteiger charge is 2.10. The van der Waals surface area contributed by atoms with Gasteiger partial charge in [0.2, 0.25) is 0 Å². The number of ketones is 1. The van der Waals surface area contributed by atoms with Gasteiger partial charge in [-0.05, 0) is 23.8 Å². The second kappa shape index (κ2) is 6.04. The van der Waals surface area contributed by atoms with Crippen LogP contribution in [-0.4, -0.2) is 26.4 Å². The molecule has 0 aliphatic heterocycles. The molecule has 0 atom stereocenters. The lowest BCUT2D eigenvalue weighted by Gasteiger charge is -1.99. The number of H-pyrrole nitrogens is 1. The molecule has 0 fully saturated rings. The highest BCUT2D eigenvalue weighted by molar-refractivity contribution is 6.06. The standard InChI is InChI=1S/C15H12N2O5/c1-17-13(19)11(8-16-15(17)22)12(18)6-5-9-3-2-4-10(7-9)14(20)21/h2-8H,1H3,(H,16,22)(H,20,21). The van der Waals surface area contributed by atoms with Crippen LogP contribution in [0.4, 0.5) is 0 Å². The lowest BCUT2D eigenvalue weighted by atomic mass is 10.1. The third-order valence-corrected chi connectivity index (χ3v) is 3.01. The summed E-state index contributed by atoms with van der Waals surface area (Å²) in [5.74, 6) is -1.66. The maximum absolute atomic E-state index is 12.0. The van der Waals surface area contributed by atoms with E-state index in [4.69, 9.17) is 5.11 Å². The van der Waals surface area contributed by atoms with Gasteiger partial charge in [-0.15, -0.1) is 0 Å². The van der Waals surface area contributed by atoms with Crippen molar-refractivity contribution in [1.82, 2.24) is 9.55 Å². The third-order valence-electron chi connectivity index (χ3n) is 3.01. The molecule has 0 bridgehead atoms. The van der Waals surface area contributed by atoms with Gasteiger partial charge in [-0.2, -0.15) is 0 Å². The molecule has 7 heteroatoms. The van der Waals surface area contributed by atoms with Crippen molar-refractivity contribution in [1.29, 1.82) is 0 Å². The van der Waals surface area contributed by atoms with E-state index in [0.717, 1.165) is 16.8 Å². The molecule has 1 aromatic heterocycles. The average Bonchev–Trinajstić information content (AvgIpc) is 2.50. The number of aromatic carboxylic acids is 1. The molecule has 0 saturated carbocycles. The minimum atomic E-state index is -1.07. The molecule has 7 nitrogen and oxygen atoms in total. The highest BCUT2D eigenvalue weighted by atomic mass is 16.4. The Labute approximate surface area is 124 Å². The van der Waals surface area contributed by atoms with Gasteiger partial charge in [0, 0.05) is 13.2 Å². The first kappa shape index (κ1) is 15.2. The van der Waals surface area contributed by atoms with Gasteiger partial charge >= 0.3 is 11.7 Å². The van der Waals surface area contributed by atoms with Crippen LogP contribution in [0.1, 0.15) is 26.3 Å². The number of allylic oxidation sites excluding steroid dienone is 1. The number of aromatic nitrogens is 2. The van der Waals surface area contributed by atoms with Gasteiger partial charge in [-0.25, -0.2) is 9.59 Å². The molecule has 0 unspecified atom stereocenters. The first-order valence-corrected chi connectivity index (χ1v) is 6.24. The van der Waals surface area contributed by atoms with Crippen molar-refractivity contribution in [3.63, 3.8) is 0 Å². The fourth-order valence-electron chi connectivity index (χ4n) is 1.78. The van der Waals surface area contributed by atoms with E-state index in [2.05, 4.69) is 4.98 Å². The lowest BCUT2D eigenvalue weighted by molar-refractivity contribution is 0.0696. The van der Waals surface area contributed by atoms with E-state index in [1.165, 1.54) is 25.3 Å². The second-order valence-electron chi connectivity index (χ2n) is 4.50. The van der Waals surface area contributed by atoms with E-state index in [-0.39, 0.29) is 11.1 Å². The molecule has 0 aliphatic carbocycles. The molecule has 0 radical (unpaired) electrons. The molecule has 2 rings (SSSR count). The van der Waals surface area contributed by atoms with E-state index >= 15 is 0 Å². The normalized spacial score (nSPS) is 10.8. The molecule has 22 heavy (non-hydrogen) atoms. The fraction of sp³-hybridized carbons (Fsp3) is 0.0667. The Kier molecular flexibility index (Phi) is 4.17. The fourth-order valence-corrected chi connectivity index (χ4v) is 1.78. The number of benzene rings is 1. The van der Waals surface area contributed by atoms with Crippen LogP contribution in [0.15, 0.2) is 46.1 Å². The second-order valence-corrected chi connectivity index (χ2v) is 4.50. The third kappa shape index (κ3) is 3.09. The number of carbonyl (C=O) groups is 2. The monoisotopic (exact) mass is 300 g/mol. The van der Waals surface area contributed by atoms with Gasteiger partial charge in [0.05, 0.1) is 5.56 Å². The van der Waals surface area contributed by atoms with Crippen LogP contribution >= 0.6 is 0 Å². The molecular weight excluding hydrogens is 288 g/mol. The summed E-state index contributed by atoms with van der Waals surface area (Å²) in [5.41, 5.74) is -0.880. The number of rotatable bonds is 4. The lowest BCUT2D eigenvalue weighted by Crippen LogP contribution is -2.35. The van der Waals surface area contributed by atoms with Crippen LogP contribution in [0.2, 0.25) is 0 Å². The number of carboxylic acid groups (broad SMARTS) is 1. The zero-order valence-corrected chi connectivity index (χ0v) is 11.6. The van der Waals surface area contributed by atoms with Crippen molar-refractivity contribution in [2.45, 2.75) is 0 Å². The SMILES string of the molecule is Cn1c(=O)[nH]cc(C(=O)C=Cc2cccc(C(=O)O)c2)c1=O. The minimum Gasteiger partial charge on any atom is -0.478 e. The van der Waals surface area contributed by atoms with E-state index in [9.17, 15) is 19.2 Å². The van der Waals surface area contributed by atoms with Gasteiger partial charge in [0.25, 0.3) is 5.56 Å². The molecule has 2 N–H and O–H groups in total. The minimum absolute atomic E-state index is 0.0922. The largest absolute Gasteiger partial charge is 0.478 e.